The number of hydroxylamine groups is 3. The van der Waals surface area contributed by atoms with Crippen molar-refractivity contribution in [2.45, 2.75) is 37.8 Å². The van der Waals surface area contributed by atoms with Crippen molar-refractivity contribution in [3.8, 4) is 0 Å². The largest absolute Gasteiger partial charge is 0.418 e. The Balaban J connectivity index is 1.43. The maximum Gasteiger partial charge on any atom is 0.418 e. The van der Waals surface area contributed by atoms with Crippen LogP contribution in [0.2, 0.25) is 0 Å². The molecule has 2 bridgehead atoms. The van der Waals surface area contributed by atoms with E-state index < -0.39 is 44.6 Å². The van der Waals surface area contributed by atoms with Crippen molar-refractivity contribution in [3.05, 3.63) is 0 Å². The number of fused-ring (bicyclic) bond motifs is 2. The summed E-state index contributed by atoms with van der Waals surface area (Å²) in [6, 6.07) is -2.28. The van der Waals surface area contributed by atoms with E-state index in [2.05, 4.69) is 9.76 Å². The molecule has 0 aromatic heterocycles. The van der Waals surface area contributed by atoms with E-state index in [9.17, 15) is 26.4 Å². The molecule has 16 heteroatoms. The molecule has 0 spiro atoms. The highest BCUT2D eigenvalue weighted by Crippen LogP contribution is 2.30. The zero-order valence-corrected chi connectivity index (χ0v) is 17.0. The standard InChI is InChI=1S/C13H23N5O9S2/c14-28(21,22)16-5-3-9(7-16)4-6-26-15-12(19)11-2-1-10-8-17(11)13(20)18(10)27-29(23,24)25/h9-11H,1-8H2,(H,15,19)(H2,14,21,22)(H,23,24,25)/t9?,10-,11+/m1/s1. The molecule has 0 saturated carbocycles. The fourth-order valence-corrected chi connectivity index (χ4v) is 4.95. The molecule has 3 fully saturated rings. The van der Waals surface area contributed by atoms with Gasteiger partial charge < -0.3 is 4.90 Å². The normalized spacial score (nSPS) is 28.2. The molecular formula is C13H23N5O9S2. The van der Waals surface area contributed by atoms with Gasteiger partial charge in [0.2, 0.25) is 0 Å². The quantitative estimate of drug-likeness (QED) is 0.209. The van der Waals surface area contributed by atoms with Crippen LogP contribution in [-0.4, -0.2) is 85.9 Å². The summed E-state index contributed by atoms with van der Waals surface area (Å²) in [5, 5.41) is 5.64. The lowest BCUT2D eigenvalue weighted by molar-refractivity contribution is -0.139. The summed E-state index contributed by atoms with van der Waals surface area (Å²) in [5.41, 5.74) is 2.27. The minimum Gasteiger partial charge on any atom is -0.309 e. The first-order chi connectivity index (χ1) is 13.5. The van der Waals surface area contributed by atoms with Gasteiger partial charge in [-0.1, -0.05) is 0 Å². The minimum atomic E-state index is -4.85. The lowest BCUT2D eigenvalue weighted by Crippen LogP contribution is -2.49. The number of nitrogens with one attached hydrogen (secondary N) is 1. The second kappa shape index (κ2) is 8.29. The molecule has 14 nitrogen and oxygen atoms in total. The SMILES string of the molecule is NS(=O)(=O)N1CCC(CCONC(=O)[C@@H]2CC[C@@H]3CN2C(=O)N3OS(=O)(=O)O)C1. The minimum absolute atomic E-state index is 0.0620. The van der Waals surface area contributed by atoms with Crippen LogP contribution >= 0.6 is 0 Å². The average Bonchev–Trinajstić information content (AvgIpc) is 3.18. The van der Waals surface area contributed by atoms with Gasteiger partial charge in [0, 0.05) is 19.6 Å². The molecule has 166 valence electrons. The van der Waals surface area contributed by atoms with E-state index in [1.165, 1.54) is 4.31 Å². The maximum absolute atomic E-state index is 12.3. The lowest BCUT2D eigenvalue weighted by atomic mass is 10.0. The van der Waals surface area contributed by atoms with Crippen molar-refractivity contribution in [1.29, 1.82) is 0 Å². The number of nitrogens with two attached hydrogens (primary N) is 1. The molecule has 0 aromatic carbocycles. The van der Waals surface area contributed by atoms with Gasteiger partial charge in [-0.3, -0.25) is 14.2 Å². The van der Waals surface area contributed by atoms with Gasteiger partial charge in [0.15, 0.2) is 0 Å². The van der Waals surface area contributed by atoms with Crippen LogP contribution in [-0.2, 0) is 34.5 Å². The molecule has 3 amide bonds. The second-order valence-electron chi connectivity index (χ2n) is 7.17. The van der Waals surface area contributed by atoms with Crippen LogP contribution in [0.4, 0.5) is 4.79 Å². The van der Waals surface area contributed by atoms with Gasteiger partial charge in [-0.15, -0.1) is 4.28 Å². The predicted octanol–water partition coefficient (Wildman–Crippen LogP) is -2.05. The van der Waals surface area contributed by atoms with Crippen molar-refractivity contribution in [2.75, 3.05) is 26.2 Å². The van der Waals surface area contributed by atoms with Crippen molar-refractivity contribution < 1.29 is 40.1 Å². The highest BCUT2D eigenvalue weighted by atomic mass is 32.3. The van der Waals surface area contributed by atoms with Gasteiger partial charge in [0.1, 0.15) is 6.04 Å². The molecule has 3 rings (SSSR count). The summed E-state index contributed by atoms with van der Waals surface area (Å²) in [5.74, 6) is -0.505. The first-order valence-corrected chi connectivity index (χ1v) is 11.8. The van der Waals surface area contributed by atoms with Gasteiger partial charge in [0.05, 0.1) is 12.6 Å². The molecule has 3 heterocycles. The summed E-state index contributed by atoms with van der Waals surface area (Å²) in [4.78, 5) is 30.9. The smallest absolute Gasteiger partial charge is 0.309 e. The fourth-order valence-electron chi connectivity index (χ4n) is 3.78. The number of piperidine rings is 1. The Labute approximate surface area is 167 Å². The molecular weight excluding hydrogens is 434 g/mol. The van der Waals surface area contributed by atoms with Crippen molar-refractivity contribution in [2.24, 2.45) is 11.1 Å². The highest BCUT2D eigenvalue weighted by molar-refractivity contribution is 7.86. The van der Waals surface area contributed by atoms with Crippen LogP contribution in [0.5, 0.6) is 0 Å². The van der Waals surface area contributed by atoms with E-state index in [1.807, 2.05) is 0 Å². The number of carbonyl (C=O) groups is 2. The van der Waals surface area contributed by atoms with Crippen molar-refractivity contribution in [1.82, 2.24) is 19.7 Å². The number of amides is 3. The highest BCUT2D eigenvalue weighted by Gasteiger charge is 2.49. The third kappa shape index (κ3) is 5.33. The molecule has 3 saturated heterocycles. The van der Waals surface area contributed by atoms with Crippen molar-refractivity contribution in [3.63, 3.8) is 0 Å². The fraction of sp³-hybridized carbons (Fsp3) is 0.846. The van der Waals surface area contributed by atoms with Gasteiger partial charge in [-0.2, -0.15) is 26.2 Å². The molecule has 29 heavy (non-hydrogen) atoms. The maximum atomic E-state index is 12.3. The summed E-state index contributed by atoms with van der Waals surface area (Å²) in [6.45, 7) is 0.873. The van der Waals surface area contributed by atoms with E-state index in [-0.39, 0.29) is 25.5 Å². The summed E-state index contributed by atoms with van der Waals surface area (Å²) in [7, 11) is -8.55. The monoisotopic (exact) mass is 457 g/mol. The van der Waals surface area contributed by atoms with E-state index in [1.54, 1.807) is 0 Å². The van der Waals surface area contributed by atoms with Crippen LogP contribution in [0.1, 0.15) is 25.7 Å². The third-order valence-corrected chi connectivity index (χ3v) is 6.61. The molecule has 0 radical (unpaired) electrons. The molecule has 3 aliphatic heterocycles. The molecule has 1 unspecified atom stereocenters. The number of hydrogen-bond donors (Lipinski definition) is 3. The average molecular weight is 457 g/mol. The third-order valence-electron chi connectivity index (χ3n) is 5.21. The Bertz CT molecular complexity index is 864. The van der Waals surface area contributed by atoms with Crippen LogP contribution in [0.15, 0.2) is 0 Å². The van der Waals surface area contributed by atoms with Crippen LogP contribution in [0.25, 0.3) is 0 Å². The Hall–Kier alpha value is -1.56. The Morgan fingerprint density at radius 3 is 2.55 bits per heavy atom. The van der Waals surface area contributed by atoms with Crippen LogP contribution in [0, 0.1) is 5.92 Å². The first-order valence-electron chi connectivity index (χ1n) is 8.92. The zero-order valence-electron chi connectivity index (χ0n) is 15.3. The molecule has 0 aromatic rings. The number of nitrogens with zero attached hydrogens (tertiary/aromatic N) is 3. The Morgan fingerprint density at radius 1 is 1.21 bits per heavy atom. The van der Waals surface area contributed by atoms with Gasteiger partial charge >= 0.3 is 16.4 Å². The van der Waals surface area contributed by atoms with Gasteiger partial charge in [-0.25, -0.2) is 15.4 Å². The van der Waals surface area contributed by atoms with Gasteiger partial charge in [-0.05, 0) is 31.6 Å². The second-order valence-corrected chi connectivity index (χ2v) is 9.72. The number of rotatable bonds is 8. The van der Waals surface area contributed by atoms with Crippen LogP contribution in [0.3, 0.4) is 0 Å². The van der Waals surface area contributed by atoms with Gasteiger partial charge in [0.25, 0.3) is 16.1 Å². The molecule has 3 aliphatic rings. The van der Waals surface area contributed by atoms with Crippen LogP contribution < -0.4 is 10.6 Å². The predicted molar refractivity (Wildman–Crippen MR) is 94.9 cm³/mol. The van der Waals surface area contributed by atoms with E-state index in [0.717, 1.165) is 4.90 Å². The Morgan fingerprint density at radius 2 is 1.93 bits per heavy atom. The van der Waals surface area contributed by atoms with E-state index in [4.69, 9.17) is 14.5 Å². The number of urea groups is 1. The van der Waals surface area contributed by atoms with Crippen molar-refractivity contribution >= 4 is 32.5 Å². The molecule has 0 aliphatic carbocycles. The Kier molecular flexibility index (Phi) is 6.32. The summed E-state index contributed by atoms with van der Waals surface area (Å²) in [6.07, 6.45) is 1.73. The number of hydrogen-bond acceptors (Lipinski definition) is 8. The first kappa shape index (κ1) is 22.1. The molecule has 4 N–H and O–H groups in total. The summed E-state index contributed by atoms with van der Waals surface area (Å²) < 4.78 is 58.6. The summed E-state index contributed by atoms with van der Waals surface area (Å²) >= 11 is 0. The number of carbonyl (C=O) groups excluding carboxylic acids is 2. The lowest BCUT2D eigenvalue weighted by Gasteiger charge is -2.28. The zero-order chi connectivity index (χ0) is 21.4. The molecule has 3 atom stereocenters. The van der Waals surface area contributed by atoms with E-state index in [0.29, 0.717) is 37.4 Å². The van der Waals surface area contributed by atoms with E-state index >= 15 is 0 Å². The topological polar surface area (TPSA) is 189 Å².